The van der Waals surface area contributed by atoms with Gasteiger partial charge in [0.15, 0.2) is 0 Å². The number of anilines is 1. The molecule has 0 atom stereocenters. The van der Waals surface area contributed by atoms with Gasteiger partial charge in [-0.05, 0) is 41.9 Å². The van der Waals surface area contributed by atoms with E-state index in [1.807, 2.05) is 0 Å². The number of carbonyl (C=O) groups excluding carboxylic acids is 1. The van der Waals surface area contributed by atoms with Crippen molar-refractivity contribution < 1.29 is 14.8 Å². The zero-order valence-corrected chi connectivity index (χ0v) is 10.8. The lowest BCUT2D eigenvalue weighted by atomic mass is 10.1. The Bertz CT molecular complexity index is 468. The van der Waals surface area contributed by atoms with Gasteiger partial charge in [-0.1, -0.05) is 0 Å². The molecule has 0 saturated heterocycles. The van der Waals surface area contributed by atoms with Crippen LogP contribution in [0.2, 0.25) is 0 Å². The summed E-state index contributed by atoms with van der Waals surface area (Å²) in [6.07, 6.45) is 0. The normalized spacial score (nSPS) is 11.1. The minimum absolute atomic E-state index is 0.154. The summed E-state index contributed by atoms with van der Waals surface area (Å²) >= 11 is 3.03. The number of nitrogens with zero attached hydrogens (tertiary/aromatic N) is 1. The van der Waals surface area contributed by atoms with E-state index in [0.717, 1.165) is 0 Å². The molecule has 0 radical (unpaired) electrons. The quantitative estimate of drug-likeness (QED) is 0.660. The number of aliphatic hydroxyl groups is 1. The Labute approximate surface area is 106 Å². The molecule has 0 aliphatic heterocycles. The fourth-order valence-electron chi connectivity index (χ4n) is 1.01. The number of carbonyl (C=O) groups is 1. The lowest BCUT2D eigenvalue weighted by Crippen LogP contribution is -2.36. The Balaban J connectivity index is 2.98. The minimum Gasteiger partial charge on any atom is -0.381 e. The smallest absolute Gasteiger partial charge is 0.285 e. The van der Waals surface area contributed by atoms with Crippen LogP contribution >= 0.6 is 15.9 Å². The molecular weight excluding hydrogens is 292 g/mol. The van der Waals surface area contributed by atoms with Crippen LogP contribution in [0, 0.1) is 10.1 Å². The number of halogens is 1. The maximum atomic E-state index is 11.5. The second kappa shape index (κ2) is 4.80. The highest BCUT2D eigenvalue weighted by molar-refractivity contribution is 9.10. The summed E-state index contributed by atoms with van der Waals surface area (Å²) in [4.78, 5) is 21.6. The first kappa shape index (κ1) is 13.6. The molecule has 1 aromatic rings. The highest BCUT2D eigenvalue weighted by Gasteiger charge is 2.24. The summed E-state index contributed by atoms with van der Waals surface area (Å²) in [6.45, 7) is 2.66. The molecule has 1 aromatic carbocycles. The predicted molar refractivity (Wildman–Crippen MR) is 65.7 cm³/mol. The van der Waals surface area contributed by atoms with Crippen molar-refractivity contribution >= 4 is 33.2 Å². The van der Waals surface area contributed by atoms with Crippen molar-refractivity contribution in [3.8, 4) is 0 Å². The fourth-order valence-corrected chi connectivity index (χ4v) is 1.41. The van der Waals surface area contributed by atoms with E-state index < -0.39 is 16.4 Å². The van der Waals surface area contributed by atoms with E-state index >= 15 is 0 Å². The second-order valence-electron chi connectivity index (χ2n) is 3.94. The minimum atomic E-state index is -1.54. The van der Waals surface area contributed by atoms with Gasteiger partial charge in [0.1, 0.15) is 5.60 Å². The third-order valence-corrected chi connectivity index (χ3v) is 2.63. The highest BCUT2D eigenvalue weighted by Crippen LogP contribution is 2.28. The fraction of sp³-hybridized carbons (Fsp3) is 0.300. The molecule has 0 fully saturated rings. The Morgan fingerprint density at radius 3 is 2.59 bits per heavy atom. The summed E-state index contributed by atoms with van der Waals surface area (Å²) in [5.41, 5.74) is -1.44. The molecule has 1 amide bonds. The molecule has 2 N–H and O–H groups in total. The monoisotopic (exact) mass is 302 g/mol. The standard InChI is InChI=1S/C10H11BrN2O4/c1-10(2,15)9(14)12-6-3-4-7(11)8(5-6)13(16)17/h3-5,15H,1-2H3,(H,12,14). The van der Waals surface area contributed by atoms with E-state index in [2.05, 4.69) is 21.2 Å². The summed E-state index contributed by atoms with van der Waals surface area (Å²) in [5, 5.41) is 22.5. The number of nitro benzene ring substituents is 1. The molecule has 7 heteroatoms. The average molecular weight is 303 g/mol. The topological polar surface area (TPSA) is 92.5 Å². The van der Waals surface area contributed by atoms with Crippen LogP contribution in [-0.4, -0.2) is 21.5 Å². The lowest BCUT2D eigenvalue weighted by molar-refractivity contribution is -0.385. The van der Waals surface area contributed by atoms with Crippen LogP contribution < -0.4 is 5.32 Å². The van der Waals surface area contributed by atoms with Crippen LogP contribution in [0.1, 0.15) is 13.8 Å². The summed E-state index contributed by atoms with van der Waals surface area (Å²) in [5.74, 6) is -0.630. The van der Waals surface area contributed by atoms with Gasteiger partial charge in [0, 0.05) is 11.8 Å². The van der Waals surface area contributed by atoms with E-state index in [1.165, 1.54) is 32.0 Å². The number of nitrogens with one attached hydrogen (secondary N) is 1. The molecule has 92 valence electrons. The van der Waals surface area contributed by atoms with Gasteiger partial charge in [0.05, 0.1) is 9.40 Å². The van der Waals surface area contributed by atoms with Gasteiger partial charge >= 0.3 is 0 Å². The van der Waals surface area contributed by atoms with Crippen molar-refractivity contribution in [3.05, 3.63) is 32.8 Å². The van der Waals surface area contributed by atoms with Crippen molar-refractivity contribution in [3.63, 3.8) is 0 Å². The van der Waals surface area contributed by atoms with E-state index in [-0.39, 0.29) is 11.4 Å². The van der Waals surface area contributed by atoms with Crippen LogP contribution in [0.3, 0.4) is 0 Å². The molecule has 0 aromatic heterocycles. The van der Waals surface area contributed by atoms with Gasteiger partial charge in [0.2, 0.25) is 0 Å². The largest absolute Gasteiger partial charge is 0.381 e. The van der Waals surface area contributed by atoms with Crippen LogP contribution in [0.25, 0.3) is 0 Å². The summed E-state index contributed by atoms with van der Waals surface area (Å²) in [7, 11) is 0. The highest BCUT2D eigenvalue weighted by atomic mass is 79.9. The second-order valence-corrected chi connectivity index (χ2v) is 4.79. The van der Waals surface area contributed by atoms with Crippen LogP contribution in [-0.2, 0) is 4.79 Å². The Morgan fingerprint density at radius 2 is 2.12 bits per heavy atom. The summed E-state index contributed by atoms with van der Waals surface area (Å²) < 4.78 is 0.323. The molecule has 0 aliphatic carbocycles. The first-order valence-electron chi connectivity index (χ1n) is 4.69. The number of hydrogen-bond donors (Lipinski definition) is 2. The van der Waals surface area contributed by atoms with E-state index in [4.69, 9.17) is 0 Å². The molecule has 0 heterocycles. The third-order valence-electron chi connectivity index (χ3n) is 1.96. The summed E-state index contributed by atoms with van der Waals surface area (Å²) in [6, 6.07) is 4.17. The average Bonchev–Trinajstić information content (AvgIpc) is 2.19. The van der Waals surface area contributed by atoms with Crippen molar-refractivity contribution in [2.24, 2.45) is 0 Å². The van der Waals surface area contributed by atoms with Crippen molar-refractivity contribution in [2.45, 2.75) is 19.4 Å². The molecule has 0 aliphatic rings. The third kappa shape index (κ3) is 3.50. The molecule has 0 spiro atoms. The van der Waals surface area contributed by atoms with Gasteiger partial charge in [0.25, 0.3) is 11.6 Å². The van der Waals surface area contributed by atoms with Crippen molar-refractivity contribution in [2.75, 3.05) is 5.32 Å². The molecular formula is C10H11BrN2O4. The first-order chi connectivity index (χ1) is 7.71. The first-order valence-corrected chi connectivity index (χ1v) is 5.49. The molecule has 1 rings (SSSR count). The predicted octanol–water partition coefficient (Wildman–Crippen LogP) is 2.07. The van der Waals surface area contributed by atoms with E-state index in [9.17, 15) is 20.0 Å². The van der Waals surface area contributed by atoms with Crippen LogP contribution in [0.5, 0.6) is 0 Å². The van der Waals surface area contributed by atoms with Crippen LogP contribution in [0.15, 0.2) is 22.7 Å². The SMILES string of the molecule is CC(C)(O)C(=O)Nc1ccc(Br)c([N+](=O)[O-])c1. The maximum absolute atomic E-state index is 11.5. The lowest BCUT2D eigenvalue weighted by Gasteiger charge is -2.16. The maximum Gasteiger partial charge on any atom is 0.285 e. The Hall–Kier alpha value is -1.47. The molecule has 0 saturated carbocycles. The molecule has 17 heavy (non-hydrogen) atoms. The molecule has 0 bridgehead atoms. The van der Waals surface area contributed by atoms with Gasteiger partial charge in [-0.2, -0.15) is 0 Å². The number of amides is 1. The number of rotatable bonds is 3. The Kier molecular flexibility index (Phi) is 3.84. The number of nitro groups is 1. The molecule has 6 nitrogen and oxygen atoms in total. The van der Waals surface area contributed by atoms with Gasteiger partial charge in [-0.3, -0.25) is 14.9 Å². The van der Waals surface area contributed by atoms with E-state index in [0.29, 0.717) is 4.47 Å². The molecule has 0 unspecified atom stereocenters. The van der Waals surface area contributed by atoms with E-state index in [1.54, 1.807) is 0 Å². The number of benzene rings is 1. The van der Waals surface area contributed by atoms with Gasteiger partial charge in [-0.25, -0.2) is 0 Å². The van der Waals surface area contributed by atoms with Gasteiger partial charge < -0.3 is 10.4 Å². The zero-order chi connectivity index (χ0) is 13.2. The van der Waals surface area contributed by atoms with Gasteiger partial charge in [-0.15, -0.1) is 0 Å². The zero-order valence-electron chi connectivity index (χ0n) is 9.23. The van der Waals surface area contributed by atoms with Crippen molar-refractivity contribution in [1.82, 2.24) is 0 Å². The number of hydrogen-bond acceptors (Lipinski definition) is 4. The van der Waals surface area contributed by atoms with Crippen LogP contribution in [0.4, 0.5) is 11.4 Å². The Morgan fingerprint density at radius 1 is 1.53 bits per heavy atom. The van der Waals surface area contributed by atoms with Crippen molar-refractivity contribution in [1.29, 1.82) is 0 Å².